The standard InChI is InChI=1S/C16H18N2S/c1-4-7-13-10-9-12(11-17-13)16-18-14(8-5-2)15(6-3)19-16/h5-6,8-11H,3-4,7H2,1-2H3/b8-5-. The highest BCUT2D eigenvalue weighted by atomic mass is 32.1. The Kier molecular flexibility index (Phi) is 4.63. The van der Waals surface area contributed by atoms with E-state index in [1.54, 1.807) is 11.3 Å². The molecule has 2 aromatic rings. The lowest BCUT2D eigenvalue weighted by Crippen LogP contribution is -1.88. The number of nitrogens with zero attached hydrogens (tertiary/aromatic N) is 2. The van der Waals surface area contributed by atoms with E-state index < -0.39 is 0 Å². The highest BCUT2D eigenvalue weighted by Gasteiger charge is 2.08. The summed E-state index contributed by atoms with van der Waals surface area (Å²) in [4.78, 5) is 10.2. The summed E-state index contributed by atoms with van der Waals surface area (Å²) in [5.41, 5.74) is 3.19. The number of rotatable bonds is 5. The zero-order valence-corrected chi connectivity index (χ0v) is 12.2. The highest BCUT2D eigenvalue weighted by Crippen LogP contribution is 2.29. The van der Waals surface area contributed by atoms with Gasteiger partial charge in [-0.2, -0.15) is 0 Å². The van der Waals surface area contributed by atoms with Crippen LogP contribution >= 0.6 is 11.3 Å². The lowest BCUT2D eigenvalue weighted by Gasteiger charge is -1.99. The molecule has 3 heteroatoms. The van der Waals surface area contributed by atoms with Gasteiger partial charge < -0.3 is 0 Å². The van der Waals surface area contributed by atoms with Crippen molar-refractivity contribution in [3.63, 3.8) is 0 Å². The molecule has 0 aromatic carbocycles. The number of thiazole rings is 1. The smallest absolute Gasteiger partial charge is 0.126 e. The predicted octanol–water partition coefficient (Wildman–Crippen LogP) is 4.83. The van der Waals surface area contributed by atoms with Crippen LogP contribution < -0.4 is 0 Å². The van der Waals surface area contributed by atoms with Gasteiger partial charge in [-0.3, -0.25) is 4.98 Å². The maximum Gasteiger partial charge on any atom is 0.126 e. The Hall–Kier alpha value is -1.74. The van der Waals surface area contributed by atoms with Crippen molar-refractivity contribution in [3.8, 4) is 10.6 Å². The minimum atomic E-state index is 0.982. The Morgan fingerprint density at radius 2 is 2.21 bits per heavy atom. The monoisotopic (exact) mass is 270 g/mol. The van der Waals surface area contributed by atoms with Crippen LogP contribution in [-0.4, -0.2) is 9.97 Å². The van der Waals surface area contributed by atoms with Crippen molar-refractivity contribution in [2.45, 2.75) is 26.7 Å². The van der Waals surface area contributed by atoms with Crippen LogP contribution in [0.1, 0.15) is 36.5 Å². The summed E-state index contributed by atoms with van der Waals surface area (Å²) >= 11 is 1.65. The van der Waals surface area contributed by atoms with Crippen molar-refractivity contribution in [2.24, 2.45) is 0 Å². The van der Waals surface area contributed by atoms with Crippen LogP contribution in [0, 0.1) is 0 Å². The first-order valence-corrected chi connectivity index (χ1v) is 7.31. The van der Waals surface area contributed by atoms with Gasteiger partial charge in [0.15, 0.2) is 0 Å². The van der Waals surface area contributed by atoms with Crippen molar-refractivity contribution in [1.29, 1.82) is 0 Å². The molecule has 0 unspecified atom stereocenters. The van der Waals surface area contributed by atoms with E-state index in [0.29, 0.717) is 0 Å². The van der Waals surface area contributed by atoms with Crippen LogP contribution in [0.2, 0.25) is 0 Å². The first-order valence-electron chi connectivity index (χ1n) is 6.49. The fourth-order valence-corrected chi connectivity index (χ4v) is 2.74. The predicted molar refractivity (Wildman–Crippen MR) is 84.1 cm³/mol. The second kappa shape index (κ2) is 6.43. The van der Waals surface area contributed by atoms with E-state index in [0.717, 1.165) is 39.7 Å². The van der Waals surface area contributed by atoms with E-state index in [4.69, 9.17) is 0 Å². The van der Waals surface area contributed by atoms with Crippen LogP contribution in [0.3, 0.4) is 0 Å². The molecule has 0 fully saturated rings. The zero-order valence-electron chi connectivity index (χ0n) is 11.4. The van der Waals surface area contributed by atoms with Crippen LogP contribution in [0.4, 0.5) is 0 Å². The van der Waals surface area contributed by atoms with Gasteiger partial charge in [-0.15, -0.1) is 11.3 Å². The van der Waals surface area contributed by atoms with Crippen molar-refractivity contribution in [3.05, 3.63) is 47.2 Å². The van der Waals surface area contributed by atoms with Crippen molar-refractivity contribution >= 4 is 23.5 Å². The van der Waals surface area contributed by atoms with Gasteiger partial charge >= 0.3 is 0 Å². The average molecular weight is 270 g/mol. The Morgan fingerprint density at radius 3 is 2.79 bits per heavy atom. The van der Waals surface area contributed by atoms with E-state index in [1.165, 1.54) is 0 Å². The molecule has 0 N–H and O–H groups in total. The number of hydrogen-bond donors (Lipinski definition) is 0. The normalized spacial score (nSPS) is 11.1. The maximum atomic E-state index is 4.64. The van der Waals surface area contributed by atoms with Gasteiger partial charge in [0.05, 0.1) is 10.6 Å². The molecule has 0 aliphatic heterocycles. The minimum Gasteiger partial charge on any atom is -0.261 e. The van der Waals surface area contributed by atoms with Crippen molar-refractivity contribution in [2.75, 3.05) is 0 Å². The molecule has 0 bridgehead atoms. The van der Waals surface area contributed by atoms with Crippen molar-refractivity contribution < 1.29 is 0 Å². The van der Waals surface area contributed by atoms with Crippen molar-refractivity contribution in [1.82, 2.24) is 9.97 Å². The van der Waals surface area contributed by atoms with Gasteiger partial charge in [0.1, 0.15) is 5.01 Å². The molecule has 2 nitrogen and oxygen atoms in total. The summed E-state index contributed by atoms with van der Waals surface area (Å²) in [5.74, 6) is 0. The zero-order chi connectivity index (χ0) is 13.7. The van der Waals surface area contributed by atoms with Gasteiger partial charge in [-0.05, 0) is 37.6 Å². The van der Waals surface area contributed by atoms with E-state index in [-0.39, 0.29) is 0 Å². The van der Waals surface area contributed by atoms with Gasteiger partial charge in [0.2, 0.25) is 0 Å². The molecule has 0 saturated carbocycles. The van der Waals surface area contributed by atoms with Crippen LogP contribution in [0.15, 0.2) is 31.0 Å². The molecule has 2 aromatic heterocycles. The number of pyridine rings is 1. The number of allylic oxidation sites excluding steroid dienone is 1. The lowest BCUT2D eigenvalue weighted by atomic mass is 10.2. The SMILES string of the molecule is C=Cc1sc(-c2ccc(CCC)nc2)nc1/C=C\C. The highest BCUT2D eigenvalue weighted by molar-refractivity contribution is 7.16. The second-order valence-electron chi connectivity index (χ2n) is 4.26. The molecule has 98 valence electrons. The molecule has 0 amide bonds. The first-order chi connectivity index (χ1) is 9.28. The second-order valence-corrected chi connectivity index (χ2v) is 5.29. The summed E-state index contributed by atoms with van der Waals surface area (Å²) in [6, 6.07) is 4.19. The summed E-state index contributed by atoms with van der Waals surface area (Å²) in [6.45, 7) is 8.00. The van der Waals surface area contributed by atoms with Gasteiger partial charge in [0, 0.05) is 17.5 Å². The number of hydrogen-bond acceptors (Lipinski definition) is 3. The van der Waals surface area contributed by atoms with Gasteiger partial charge in [0.25, 0.3) is 0 Å². The molecule has 0 aliphatic carbocycles. The average Bonchev–Trinajstić information content (AvgIpc) is 2.84. The molecule has 2 heterocycles. The van der Waals surface area contributed by atoms with E-state index in [1.807, 2.05) is 31.3 Å². The summed E-state index contributed by atoms with van der Waals surface area (Å²) in [5, 5.41) is 0.999. The quantitative estimate of drug-likeness (QED) is 0.777. The molecule has 0 saturated heterocycles. The molecule has 0 aliphatic rings. The number of aromatic nitrogens is 2. The van der Waals surface area contributed by atoms with Gasteiger partial charge in [-0.25, -0.2) is 4.98 Å². The Morgan fingerprint density at radius 1 is 1.37 bits per heavy atom. The molecular formula is C16H18N2S. The third-order valence-corrected chi connectivity index (χ3v) is 3.88. The van der Waals surface area contributed by atoms with Crippen LogP contribution in [0.25, 0.3) is 22.7 Å². The lowest BCUT2D eigenvalue weighted by molar-refractivity contribution is 0.883. The van der Waals surface area contributed by atoms with Crippen LogP contribution in [0.5, 0.6) is 0 Å². The Labute approximate surface area is 118 Å². The molecule has 0 spiro atoms. The topological polar surface area (TPSA) is 25.8 Å². The Balaban J connectivity index is 2.33. The number of aryl methyl sites for hydroxylation is 1. The third-order valence-electron chi connectivity index (χ3n) is 2.77. The molecule has 19 heavy (non-hydrogen) atoms. The Bertz CT molecular complexity index is 579. The summed E-state index contributed by atoms with van der Waals surface area (Å²) in [7, 11) is 0. The fourth-order valence-electron chi connectivity index (χ4n) is 1.85. The van der Waals surface area contributed by atoms with E-state index in [9.17, 15) is 0 Å². The summed E-state index contributed by atoms with van der Waals surface area (Å²) in [6.07, 6.45) is 9.92. The fraction of sp³-hybridized carbons (Fsp3) is 0.250. The molecule has 2 rings (SSSR count). The maximum absolute atomic E-state index is 4.64. The van der Waals surface area contributed by atoms with Crippen LogP contribution in [-0.2, 0) is 6.42 Å². The first kappa shape index (κ1) is 13.7. The van der Waals surface area contributed by atoms with E-state index >= 15 is 0 Å². The molecule has 0 atom stereocenters. The molecular weight excluding hydrogens is 252 g/mol. The summed E-state index contributed by atoms with van der Waals surface area (Å²) < 4.78 is 0. The third kappa shape index (κ3) is 3.18. The molecule has 0 radical (unpaired) electrons. The largest absolute Gasteiger partial charge is 0.261 e. The van der Waals surface area contributed by atoms with Gasteiger partial charge in [-0.1, -0.05) is 26.0 Å². The van der Waals surface area contributed by atoms with E-state index in [2.05, 4.69) is 35.6 Å². The minimum absolute atomic E-state index is 0.982.